The molecule has 3 aliphatic heterocycles. The third-order valence-electron chi connectivity index (χ3n) is 9.71. The lowest BCUT2D eigenvalue weighted by molar-refractivity contribution is -0.120. The van der Waals surface area contributed by atoms with Gasteiger partial charge in [-0.25, -0.2) is 0 Å². The lowest BCUT2D eigenvalue weighted by Crippen LogP contribution is -2.39. The fraction of sp³-hybridized carbons (Fsp3) is 0.342. The van der Waals surface area contributed by atoms with Gasteiger partial charge in [-0.3, -0.25) is 24.4 Å². The Morgan fingerprint density at radius 1 is 0.863 bits per heavy atom. The lowest BCUT2D eigenvalue weighted by atomic mass is 9.98. The van der Waals surface area contributed by atoms with Crippen molar-refractivity contribution in [1.29, 1.82) is 0 Å². The molecule has 0 bridgehead atoms. The Labute approximate surface area is 306 Å². The number of pyridine rings is 2. The van der Waals surface area contributed by atoms with Gasteiger partial charge in [0.05, 0.1) is 34.1 Å². The minimum absolute atomic E-state index is 0.0454. The summed E-state index contributed by atoms with van der Waals surface area (Å²) in [5.41, 5.74) is 6.72. The van der Waals surface area contributed by atoms with Crippen molar-refractivity contribution in [3.63, 3.8) is 0 Å². The summed E-state index contributed by atoms with van der Waals surface area (Å²) in [6.45, 7) is 3.62. The molecule has 0 radical (unpaired) electrons. The number of fused-ring (bicyclic) bond motifs is 1. The van der Waals surface area contributed by atoms with E-state index >= 15 is 0 Å². The maximum absolute atomic E-state index is 13.1. The highest BCUT2D eigenvalue weighted by atomic mass is 35.5. The van der Waals surface area contributed by atoms with Gasteiger partial charge in [0.2, 0.25) is 11.8 Å². The van der Waals surface area contributed by atoms with Crippen LogP contribution in [-0.2, 0) is 22.7 Å². The molecule has 3 aliphatic rings. The quantitative estimate of drug-likeness (QED) is 0.142. The molecule has 2 fully saturated rings. The normalized spacial score (nSPS) is 18.3. The highest BCUT2D eigenvalue weighted by Gasteiger charge is 2.29. The maximum Gasteiger partial charge on any atom is 0.256 e. The van der Waals surface area contributed by atoms with E-state index in [4.69, 9.17) is 27.9 Å². The van der Waals surface area contributed by atoms with Crippen LogP contribution in [0.4, 0.5) is 0 Å². The average Bonchev–Trinajstić information content (AvgIpc) is 3.84. The lowest BCUT2D eigenvalue weighted by Gasteiger charge is -2.17. The molecular formula is C38H39Cl2N7O4. The standard InChI is InChI=1S/C38H39Cl2N7O4/c1-51-32-16-22(5-6-23(32)17-42-19-26-8-10-34(49)46-26)37-36(40)28(11-12-43-37)27-3-2-4-29(35(27)39)31-15-24-21-47(38(50)30(24)20-44-31)14-13-41-18-25-7-9-33(48)45-25/h2-6,11-12,15-16,20,25-26,41-42H,7-10,13-14,17-19,21H2,1H3,(H,45,48)(H,46,49)/t25-,26-/m0/s1. The Balaban J connectivity index is 1.05. The second kappa shape index (κ2) is 15.4. The summed E-state index contributed by atoms with van der Waals surface area (Å²) in [5, 5.41) is 13.6. The Morgan fingerprint density at radius 2 is 1.59 bits per heavy atom. The van der Waals surface area contributed by atoms with Gasteiger partial charge in [0.15, 0.2) is 0 Å². The maximum atomic E-state index is 13.1. The van der Waals surface area contributed by atoms with Crippen LogP contribution in [0.1, 0.15) is 47.2 Å². The number of aromatic nitrogens is 2. The number of hydrogen-bond acceptors (Lipinski definition) is 8. The Hall–Kier alpha value is -4.55. The Kier molecular flexibility index (Phi) is 10.5. The van der Waals surface area contributed by atoms with Crippen LogP contribution in [0.15, 0.2) is 60.9 Å². The van der Waals surface area contributed by atoms with E-state index in [0.717, 1.165) is 46.2 Å². The highest BCUT2D eigenvalue weighted by Crippen LogP contribution is 2.42. The van der Waals surface area contributed by atoms with E-state index in [2.05, 4.69) is 31.2 Å². The number of halogens is 2. The number of benzene rings is 2. The number of amides is 3. The molecule has 5 heterocycles. The number of carbonyl (C=O) groups is 3. The SMILES string of the molecule is COc1cc(-c2nccc(-c3cccc(-c4cc5c(cn4)C(=O)N(CCNC[C@@H]4CCC(=O)N4)C5)c3Cl)c2Cl)ccc1CNC[C@@H]1CCC(=O)N1. The van der Waals surface area contributed by atoms with Gasteiger partial charge in [0.1, 0.15) is 5.75 Å². The Morgan fingerprint density at radius 3 is 2.31 bits per heavy atom. The van der Waals surface area contributed by atoms with E-state index < -0.39 is 0 Å². The van der Waals surface area contributed by atoms with Crippen molar-refractivity contribution < 1.29 is 19.1 Å². The van der Waals surface area contributed by atoms with Crippen molar-refractivity contribution in [3.8, 4) is 39.4 Å². The summed E-state index contributed by atoms with van der Waals surface area (Å²) >= 11 is 14.2. The van der Waals surface area contributed by atoms with Crippen LogP contribution in [-0.4, -0.2) is 78.0 Å². The first-order valence-corrected chi connectivity index (χ1v) is 17.9. The molecule has 0 spiro atoms. The fourth-order valence-corrected chi connectivity index (χ4v) is 7.60. The highest BCUT2D eigenvalue weighted by molar-refractivity contribution is 6.39. The van der Waals surface area contributed by atoms with Crippen molar-refractivity contribution in [2.45, 2.75) is 50.9 Å². The summed E-state index contributed by atoms with van der Waals surface area (Å²) < 4.78 is 5.73. The van der Waals surface area contributed by atoms with Gasteiger partial charge in [-0.05, 0) is 36.6 Å². The first-order valence-electron chi connectivity index (χ1n) is 17.2. The van der Waals surface area contributed by atoms with Crippen molar-refractivity contribution in [3.05, 3.63) is 87.7 Å². The molecular weight excluding hydrogens is 689 g/mol. The summed E-state index contributed by atoms with van der Waals surface area (Å²) in [6.07, 6.45) is 6.15. The first kappa shape index (κ1) is 34.9. The van der Waals surface area contributed by atoms with Crippen molar-refractivity contribution >= 4 is 40.9 Å². The second-order valence-electron chi connectivity index (χ2n) is 13.1. The molecule has 2 saturated heterocycles. The number of rotatable bonds is 13. The van der Waals surface area contributed by atoms with Crippen LogP contribution in [0.2, 0.25) is 10.0 Å². The van der Waals surface area contributed by atoms with E-state index in [0.29, 0.717) is 84.9 Å². The number of hydrogen-bond donors (Lipinski definition) is 4. The van der Waals surface area contributed by atoms with Gasteiger partial charge >= 0.3 is 0 Å². The van der Waals surface area contributed by atoms with Gasteiger partial charge in [0, 0.05) is 104 Å². The fourth-order valence-electron chi connectivity index (χ4n) is 6.96. The molecule has 0 saturated carbocycles. The van der Waals surface area contributed by atoms with Crippen LogP contribution in [0.25, 0.3) is 33.6 Å². The molecule has 264 valence electrons. The Bertz CT molecular complexity index is 1990. The number of nitrogens with zero attached hydrogens (tertiary/aromatic N) is 3. The molecule has 11 nitrogen and oxygen atoms in total. The first-order chi connectivity index (χ1) is 24.8. The van der Waals surface area contributed by atoms with Crippen LogP contribution in [0.3, 0.4) is 0 Å². The average molecular weight is 729 g/mol. The zero-order valence-electron chi connectivity index (χ0n) is 28.2. The number of carbonyl (C=O) groups excluding carboxylic acids is 3. The summed E-state index contributed by atoms with van der Waals surface area (Å²) in [7, 11) is 1.63. The van der Waals surface area contributed by atoms with E-state index in [-0.39, 0.29) is 29.8 Å². The van der Waals surface area contributed by atoms with Crippen molar-refractivity contribution in [2.75, 3.05) is 33.3 Å². The number of ether oxygens (including phenoxy) is 1. The van der Waals surface area contributed by atoms with Crippen LogP contribution >= 0.6 is 23.2 Å². The molecule has 2 atom stereocenters. The third-order valence-corrected chi connectivity index (χ3v) is 10.5. The molecule has 3 amide bonds. The molecule has 2 aromatic heterocycles. The zero-order chi connectivity index (χ0) is 35.5. The van der Waals surface area contributed by atoms with E-state index in [9.17, 15) is 14.4 Å². The zero-order valence-corrected chi connectivity index (χ0v) is 29.7. The topological polar surface area (TPSA) is 138 Å². The molecule has 2 aromatic carbocycles. The van der Waals surface area contributed by atoms with Crippen LogP contribution in [0, 0.1) is 0 Å². The summed E-state index contributed by atoms with van der Waals surface area (Å²) in [4.78, 5) is 47.2. The monoisotopic (exact) mass is 727 g/mol. The molecule has 0 aliphatic carbocycles. The van der Waals surface area contributed by atoms with Crippen LogP contribution < -0.4 is 26.0 Å². The van der Waals surface area contributed by atoms with Crippen molar-refractivity contribution in [1.82, 2.24) is 36.1 Å². The van der Waals surface area contributed by atoms with Gasteiger partial charge in [-0.1, -0.05) is 53.5 Å². The number of nitrogens with one attached hydrogen (secondary N) is 4. The van der Waals surface area contributed by atoms with Crippen LogP contribution in [0.5, 0.6) is 5.75 Å². The van der Waals surface area contributed by atoms with Gasteiger partial charge in [0.25, 0.3) is 5.91 Å². The largest absolute Gasteiger partial charge is 0.496 e. The smallest absolute Gasteiger partial charge is 0.256 e. The molecule has 0 unspecified atom stereocenters. The summed E-state index contributed by atoms with van der Waals surface area (Å²) in [5.74, 6) is 0.849. The van der Waals surface area contributed by atoms with Crippen molar-refractivity contribution in [2.24, 2.45) is 0 Å². The third kappa shape index (κ3) is 7.57. The van der Waals surface area contributed by atoms with E-state index in [1.165, 1.54) is 0 Å². The molecule has 7 rings (SSSR count). The van der Waals surface area contributed by atoms with Gasteiger partial charge < -0.3 is 30.9 Å². The molecule has 4 N–H and O–H groups in total. The molecule has 4 aromatic rings. The van der Waals surface area contributed by atoms with E-state index in [1.54, 1.807) is 19.5 Å². The number of methoxy groups -OCH3 is 1. The minimum Gasteiger partial charge on any atom is -0.496 e. The second-order valence-corrected chi connectivity index (χ2v) is 13.9. The van der Waals surface area contributed by atoms with E-state index in [1.807, 2.05) is 53.4 Å². The van der Waals surface area contributed by atoms with Gasteiger partial charge in [-0.2, -0.15) is 0 Å². The van der Waals surface area contributed by atoms with Gasteiger partial charge in [-0.15, -0.1) is 0 Å². The predicted octanol–water partition coefficient (Wildman–Crippen LogP) is 4.99. The minimum atomic E-state index is -0.0454. The predicted molar refractivity (Wildman–Crippen MR) is 197 cm³/mol. The molecule has 51 heavy (non-hydrogen) atoms. The molecule has 13 heteroatoms. The summed E-state index contributed by atoms with van der Waals surface area (Å²) in [6, 6.07) is 15.7.